The highest BCUT2D eigenvalue weighted by Gasteiger charge is 2.11. The van der Waals surface area contributed by atoms with Crippen molar-refractivity contribution >= 4 is 16.3 Å². The van der Waals surface area contributed by atoms with Gasteiger partial charge in [-0.05, 0) is 38.1 Å². The number of imidazole rings is 1. The van der Waals surface area contributed by atoms with Crippen LogP contribution in [0.25, 0.3) is 4.96 Å². The van der Waals surface area contributed by atoms with Crippen LogP contribution in [-0.2, 0) is 6.42 Å². The van der Waals surface area contributed by atoms with Crippen LogP contribution in [-0.4, -0.2) is 22.0 Å². The Kier molecular flexibility index (Phi) is 5.40. The van der Waals surface area contributed by atoms with Crippen LogP contribution in [0.2, 0.25) is 0 Å². The molecule has 106 valence electrons. The number of hydrogen-bond donors (Lipinski definition) is 1. The quantitative estimate of drug-likeness (QED) is 0.797. The lowest BCUT2D eigenvalue weighted by atomic mass is 9.99. The van der Waals surface area contributed by atoms with Gasteiger partial charge in [0.2, 0.25) is 0 Å². The third-order valence-corrected chi connectivity index (χ3v) is 4.10. The SMILES string of the molecule is CCCNC(CCc1cn2ccsc2n1)CC(C)C. The Hall–Kier alpha value is -0.870. The molecule has 0 bridgehead atoms. The van der Waals surface area contributed by atoms with Gasteiger partial charge in [0, 0.05) is 23.8 Å². The first-order chi connectivity index (χ1) is 9.19. The molecule has 0 saturated heterocycles. The lowest BCUT2D eigenvalue weighted by Gasteiger charge is -2.20. The molecular weight excluding hydrogens is 254 g/mol. The van der Waals surface area contributed by atoms with Gasteiger partial charge < -0.3 is 5.32 Å². The largest absolute Gasteiger partial charge is 0.314 e. The molecule has 2 aromatic rings. The van der Waals surface area contributed by atoms with Crippen molar-refractivity contribution in [1.29, 1.82) is 0 Å². The first-order valence-corrected chi connectivity index (χ1v) is 8.21. The van der Waals surface area contributed by atoms with E-state index in [1.165, 1.54) is 25.0 Å². The van der Waals surface area contributed by atoms with Crippen LogP contribution in [0.15, 0.2) is 17.8 Å². The van der Waals surface area contributed by atoms with Gasteiger partial charge in [-0.2, -0.15) is 0 Å². The van der Waals surface area contributed by atoms with Gasteiger partial charge >= 0.3 is 0 Å². The number of aromatic nitrogens is 2. The maximum Gasteiger partial charge on any atom is 0.193 e. The van der Waals surface area contributed by atoms with Crippen molar-refractivity contribution in [1.82, 2.24) is 14.7 Å². The minimum absolute atomic E-state index is 0.625. The van der Waals surface area contributed by atoms with Crippen LogP contribution >= 0.6 is 11.3 Å². The molecule has 0 radical (unpaired) electrons. The zero-order chi connectivity index (χ0) is 13.7. The first kappa shape index (κ1) is 14.5. The van der Waals surface area contributed by atoms with Crippen molar-refractivity contribution in [2.24, 2.45) is 5.92 Å². The van der Waals surface area contributed by atoms with Crippen LogP contribution in [0.5, 0.6) is 0 Å². The lowest BCUT2D eigenvalue weighted by molar-refractivity contribution is 0.398. The minimum Gasteiger partial charge on any atom is -0.314 e. The maximum absolute atomic E-state index is 4.66. The third-order valence-electron chi connectivity index (χ3n) is 3.33. The van der Waals surface area contributed by atoms with E-state index in [9.17, 15) is 0 Å². The number of rotatable bonds is 8. The molecule has 0 fully saturated rings. The summed E-state index contributed by atoms with van der Waals surface area (Å²) in [6.45, 7) is 7.94. The van der Waals surface area contributed by atoms with Crippen LogP contribution in [0.4, 0.5) is 0 Å². The number of nitrogens with one attached hydrogen (secondary N) is 1. The van der Waals surface area contributed by atoms with E-state index in [1.54, 1.807) is 11.3 Å². The van der Waals surface area contributed by atoms with Crippen LogP contribution < -0.4 is 5.32 Å². The smallest absolute Gasteiger partial charge is 0.193 e. The molecule has 0 amide bonds. The zero-order valence-corrected chi connectivity index (χ0v) is 13.0. The van der Waals surface area contributed by atoms with Gasteiger partial charge in [-0.1, -0.05) is 20.8 Å². The molecule has 2 rings (SSSR count). The standard InChI is InChI=1S/C15H25N3S/c1-4-7-16-13(10-12(2)3)5-6-14-11-18-8-9-19-15(18)17-14/h8-9,11-13,16H,4-7,10H2,1-3H3. The molecule has 0 aliphatic carbocycles. The van der Waals surface area contributed by atoms with Crippen molar-refractivity contribution in [3.63, 3.8) is 0 Å². The van der Waals surface area contributed by atoms with E-state index >= 15 is 0 Å². The summed E-state index contributed by atoms with van der Waals surface area (Å²) in [7, 11) is 0. The second-order valence-electron chi connectivity index (χ2n) is 5.64. The highest BCUT2D eigenvalue weighted by Crippen LogP contribution is 2.15. The summed E-state index contributed by atoms with van der Waals surface area (Å²) in [6, 6.07) is 0.625. The van der Waals surface area contributed by atoms with E-state index < -0.39 is 0 Å². The van der Waals surface area contributed by atoms with E-state index in [4.69, 9.17) is 0 Å². The molecule has 3 nitrogen and oxygen atoms in total. The Morgan fingerprint density at radius 2 is 2.26 bits per heavy atom. The number of fused-ring (bicyclic) bond motifs is 1. The Labute approximate surface area is 120 Å². The van der Waals surface area contributed by atoms with Crippen molar-refractivity contribution in [2.45, 2.75) is 52.5 Å². The van der Waals surface area contributed by atoms with E-state index in [1.807, 2.05) is 0 Å². The highest BCUT2D eigenvalue weighted by atomic mass is 32.1. The third kappa shape index (κ3) is 4.32. The van der Waals surface area contributed by atoms with E-state index in [0.717, 1.165) is 23.8 Å². The van der Waals surface area contributed by atoms with E-state index in [2.05, 4.69) is 53.2 Å². The molecule has 0 aliphatic rings. The van der Waals surface area contributed by atoms with Crippen LogP contribution in [0.1, 0.15) is 45.7 Å². The van der Waals surface area contributed by atoms with Gasteiger partial charge in [-0.25, -0.2) is 4.98 Å². The fourth-order valence-corrected chi connectivity index (χ4v) is 3.16. The number of thiazole rings is 1. The Morgan fingerprint density at radius 3 is 2.95 bits per heavy atom. The molecule has 4 heteroatoms. The van der Waals surface area contributed by atoms with Crippen molar-refractivity contribution < 1.29 is 0 Å². The van der Waals surface area contributed by atoms with Gasteiger partial charge in [0.15, 0.2) is 4.96 Å². The molecule has 1 unspecified atom stereocenters. The number of hydrogen-bond acceptors (Lipinski definition) is 3. The molecule has 0 saturated carbocycles. The first-order valence-electron chi connectivity index (χ1n) is 7.33. The summed E-state index contributed by atoms with van der Waals surface area (Å²) in [5, 5.41) is 5.75. The topological polar surface area (TPSA) is 29.3 Å². The fourth-order valence-electron chi connectivity index (χ4n) is 2.44. The van der Waals surface area contributed by atoms with Gasteiger partial charge in [0.1, 0.15) is 0 Å². The molecule has 1 N–H and O–H groups in total. The average Bonchev–Trinajstić information content (AvgIpc) is 2.92. The summed E-state index contributed by atoms with van der Waals surface area (Å²) in [4.78, 5) is 5.77. The molecule has 2 heterocycles. The summed E-state index contributed by atoms with van der Waals surface area (Å²) in [5.41, 5.74) is 1.22. The molecule has 0 aromatic carbocycles. The molecule has 0 aliphatic heterocycles. The van der Waals surface area contributed by atoms with Crippen LogP contribution in [0, 0.1) is 5.92 Å². The van der Waals surface area contributed by atoms with Crippen molar-refractivity contribution in [3.05, 3.63) is 23.5 Å². The Bertz CT molecular complexity index is 458. The number of nitrogens with zero attached hydrogens (tertiary/aromatic N) is 2. The molecule has 19 heavy (non-hydrogen) atoms. The lowest BCUT2D eigenvalue weighted by Crippen LogP contribution is -2.31. The Morgan fingerprint density at radius 1 is 1.42 bits per heavy atom. The number of aryl methyl sites for hydroxylation is 1. The molecule has 0 spiro atoms. The monoisotopic (exact) mass is 279 g/mol. The second kappa shape index (κ2) is 7.06. The molecular formula is C15H25N3S. The fraction of sp³-hybridized carbons (Fsp3) is 0.667. The summed E-state index contributed by atoms with van der Waals surface area (Å²) in [5.74, 6) is 0.750. The van der Waals surface area contributed by atoms with Gasteiger partial charge in [0.05, 0.1) is 5.69 Å². The average molecular weight is 279 g/mol. The highest BCUT2D eigenvalue weighted by molar-refractivity contribution is 7.15. The summed E-state index contributed by atoms with van der Waals surface area (Å²) < 4.78 is 2.12. The predicted molar refractivity (Wildman–Crippen MR) is 82.9 cm³/mol. The second-order valence-corrected chi connectivity index (χ2v) is 6.52. The molecule has 2 aromatic heterocycles. The Balaban J connectivity index is 1.87. The molecule has 1 atom stereocenters. The van der Waals surface area contributed by atoms with Gasteiger partial charge in [-0.15, -0.1) is 11.3 Å². The zero-order valence-electron chi connectivity index (χ0n) is 12.2. The van der Waals surface area contributed by atoms with E-state index in [0.29, 0.717) is 6.04 Å². The minimum atomic E-state index is 0.625. The summed E-state index contributed by atoms with van der Waals surface area (Å²) in [6.07, 6.45) is 8.96. The summed E-state index contributed by atoms with van der Waals surface area (Å²) >= 11 is 1.70. The normalized spacial score (nSPS) is 13.5. The van der Waals surface area contributed by atoms with Crippen LogP contribution in [0.3, 0.4) is 0 Å². The van der Waals surface area contributed by atoms with Gasteiger partial charge in [-0.3, -0.25) is 4.40 Å². The predicted octanol–water partition coefficient (Wildman–Crippen LogP) is 3.74. The van der Waals surface area contributed by atoms with E-state index in [-0.39, 0.29) is 0 Å². The van der Waals surface area contributed by atoms with Crippen molar-refractivity contribution in [2.75, 3.05) is 6.54 Å². The maximum atomic E-state index is 4.66. The van der Waals surface area contributed by atoms with Crippen molar-refractivity contribution in [3.8, 4) is 0 Å². The van der Waals surface area contributed by atoms with Gasteiger partial charge in [0.25, 0.3) is 0 Å².